The number of amides is 1. The molecule has 108 valence electrons. The topological polar surface area (TPSA) is 86.9 Å². The zero-order valence-electron chi connectivity index (χ0n) is 11.3. The van der Waals surface area contributed by atoms with Gasteiger partial charge in [0.15, 0.2) is 0 Å². The second-order valence-electron chi connectivity index (χ2n) is 5.62. The first kappa shape index (κ1) is 14.3. The fourth-order valence-electron chi connectivity index (χ4n) is 3.04. The first-order chi connectivity index (χ1) is 9.06. The Morgan fingerprint density at radius 3 is 2.58 bits per heavy atom. The predicted octanol–water partition coefficient (Wildman–Crippen LogP) is -0.267. The van der Waals surface area contributed by atoms with Gasteiger partial charge in [-0.2, -0.15) is 0 Å². The zero-order chi connectivity index (χ0) is 13.8. The molecule has 2 unspecified atom stereocenters. The lowest BCUT2D eigenvalue weighted by Crippen LogP contribution is -2.39. The number of carbonyl (C=O) groups excluding carboxylic acids is 1. The second kappa shape index (κ2) is 6.34. The van der Waals surface area contributed by atoms with Gasteiger partial charge in [0.05, 0.1) is 6.54 Å². The maximum atomic E-state index is 12.4. The van der Waals surface area contributed by atoms with Crippen LogP contribution in [0.25, 0.3) is 0 Å². The molecule has 2 atom stereocenters. The molecule has 1 aliphatic heterocycles. The minimum atomic E-state index is -0.804. The lowest BCUT2D eigenvalue weighted by atomic mass is 10.1. The summed E-state index contributed by atoms with van der Waals surface area (Å²) in [6.45, 7) is 2.84. The van der Waals surface area contributed by atoms with Crippen LogP contribution in [0.15, 0.2) is 0 Å². The van der Waals surface area contributed by atoms with Crippen LogP contribution in [0.4, 0.5) is 0 Å². The van der Waals surface area contributed by atoms with Crippen molar-refractivity contribution in [3.8, 4) is 0 Å². The van der Waals surface area contributed by atoms with E-state index in [-0.39, 0.29) is 24.4 Å². The van der Waals surface area contributed by atoms with E-state index in [1.165, 1.54) is 0 Å². The van der Waals surface area contributed by atoms with E-state index in [1.54, 1.807) is 0 Å². The molecule has 6 heteroatoms. The Labute approximate surface area is 113 Å². The summed E-state index contributed by atoms with van der Waals surface area (Å²) in [4.78, 5) is 26.9. The van der Waals surface area contributed by atoms with E-state index in [9.17, 15) is 9.59 Å². The normalized spacial score (nSPS) is 29.2. The molecule has 0 aromatic rings. The average Bonchev–Trinajstić information content (AvgIpc) is 2.65. The van der Waals surface area contributed by atoms with E-state index < -0.39 is 5.97 Å². The molecule has 1 aliphatic carbocycles. The number of rotatable bonds is 3. The van der Waals surface area contributed by atoms with E-state index in [1.807, 2.05) is 9.80 Å². The first-order valence-electron chi connectivity index (χ1n) is 7.05. The summed E-state index contributed by atoms with van der Waals surface area (Å²) in [5.41, 5.74) is 5.86. The lowest BCUT2D eigenvalue weighted by molar-refractivity contribution is -0.138. The van der Waals surface area contributed by atoms with Crippen LogP contribution in [0.1, 0.15) is 25.7 Å². The number of aliphatic carboxylic acids is 1. The second-order valence-corrected chi connectivity index (χ2v) is 5.62. The largest absolute Gasteiger partial charge is 0.480 e. The van der Waals surface area contributed by atoms with Crippen LogP contribution in [0, 0.1) is 5.92 Å². The number of carboxylic acid groups (broad SMARTS) is 1. The fourth-order valence-corrected chi connectivity index (χ4v) is 3.04. The van der Waals surface area contributed by atoms with Crippen LogP contribution >= 0.6 is 0 Å². The molecule has 19 heavy (non-hydrogen) atoms. The number of nitrogens with zero attached hydrogens (tertiary/aromatic N) is 2. The van der Waals surface area contributed by atoms with Crippen molar-refractivity contribution in [2.45, 2.75) is 31.7 Å². The molecule has 6 nitrogen and oxygen atoms in total. The van der Waals surface area contributed by atoms with Gasteiger partial charge >= 0.3 is 5.97 Å². The molecule has 1 saturated heterocycles. The summed E-state index contributed by atoms with van der Waals surface area (Å²) in [7, 11) is 0. The average molecular weight is 269 g/mol. The van der Waals surface area contributed by atoms with Gasteiger partial charge in [-0.25, -0.2) is 0 Å². The highest BCUT2D eigenvalue weighted by Gasteiger charge is 2.31. The molecule has 2 fully saturated rings. The van der Waals surface area contributed by atoms with Crippen molar-refractivity contribution in [3.63, 3.8) is 0 Å². The van der Waals surface area contributed by atoms with E-state index in [0.717, 1.165) is 38.8 Å². The van der Waals surface area contributed by atoms with Gasteiger partial charge in [-0.1, -0.05) is 0 Å². The van der Waals surface area contributed by atoms with Crippen LogP contribution in [0.3, 0.4) is 0 Å². The van der Waals surface area contributed by atoms with Crippen molar-refractivity contribution in [1.29, 1.82) is 0 Å². The molecule has 0 radical (unpaired) electrons. The minimum absolute atomic E-state index is 0.0658. The van der Waals surface area contributed by atoms with Crippen molar-refractivity contribution in [1.82, 2.24) is 9.80 Å². The number of hydrogen-bond donors (Lipinski definition) is 2. The van der Waals surface area contributed by atoms with Crippen LogP contribution in [0.2, 0.25) is 0 Å². The third-order valence-corrected chi connectivity index (χ3v) is 4.08. The molecule has 0 spiro atoms. The van der Waals surface area contributed by atoms with Gasteiger partial charge in [-0.3, -0.25) is 14.5 Å². The van der Waals surface area contributed by atoms with Crippen molar-refractivity contribution >= 4 is 11.9 Å². The summed E-state index contributed by atoms with van der Waals surface area (Å²) in [5, 5.41) is 8.80. The highest BCUT2D eigenvalue weighted by molar-refractivity contribution is 5.79. The van der Waals surface area contributed by atoms with Gasteiger partial charge in [0.2, 0.25) is 5.91 Å². The van der Waals surface area contributed by atoms with Crippen LogP contribution in [-0.2, 0) is 9.59 Å². The summed E-state index contributed by atoms with van der Waals surface area (Å²) >= 11 is 0. The lowest BCUT2D eigenvalue weighted by Gasteiger charge is -2.24. The van der Waals surface area contributed by atoms with Gasteiger partial charge in [-0.15, -0.1) is 0 Å². The third-order valence-electron chi connectivity index (χ3n) is 4.08. The Bertz CT molecular complexity index is 348. The van der Waals surface area contributed by atoms with Crippen LogP contribution in [0.5, 0.6) is 0 Å². The molecular weight excluding hydrogens is 246 g/mol. The van der Waals surface area contributed by atoms with Gasteiger partial charge < -0.3 is 15.7 Å². The van der Waals surface area contributed by atoms with Crippen LogP contribution in [-0.4, -0.2) is 65.5 Å². The van der Waals surface area contributed by atoms with E-state index in [4.69, 9.17) is 10.8 Å². The highest BCUT2D eigenvalue weighted by Crippen LogP contribution is 2.26. The molecule has 2 aliphatic rings. The molecule has 1 heterocycles. The Hall–Kier alpha value is -1.14. The van der Waals surface area contributed by atoms with Gasteiger partial charge in [-0.05, 0) is 25.7 Å². The van der Waals surface area contributed by atoms with Crippen molar-refractivity contribution < 1.29 is 14.7 Å². The van der Waals surface area contributed by atoms with E-state index >= 15 is 0 Å². The Morgan fingerprint density at radius 2 is 1.95 bits per heavy atom. The van der Waals surface area contributed by atoms with Crippen molar-refractivity contribution in [2.75, 3.05) is 32.7 Å². The predicted molar refractivity (Wildman–Crippen MR) is 70.6 cm³/mol. The molecule has 2 rings (SSSR count). The molecule has 1 amide bonds. The van der Waals surface area contributed by atoms with Crippen molar-refractivity contribution in [3.05, 3.63) is 0 Å². The molecule has 0 aromatic carbocycles. The highest BCUT2D eigenvalue weighted by atomic mass is 16.4. The molecular formula is C13H23N3O3. The SMILES string of the molecule is NC1CCC(C(=O)N2CCCN(CC(=O)O)CC2)C1. The van der Waals surface area contributed by atoms with Gasteiger partial charge in [0, 0.05) is 38.1 Å². The Morgan fingerprint density at radius 1 is 1.16 bits per heavy atom. The first-order valence-corrected chi connectivity index (χ1v) is 7.05. The summed E-state index contributed by atoms with van der Waals surface area (Å²) in [6.07, 6.45) is 3.48. The zero-order valence-corrected chi connectivity index (χ0v) is 11.3. The van der Waals surface area contributed by atoms with Gasteiger partial charge in [0.25, 0.3) is 0 Å². The van der Waals surface area contributed by atoms with Crippen LogP contribution < -0.4 is 5.73 Å². The Kier molecular flexibility index (Phi) is 4.76. The molecule has 0 aromatic heterocycles. The number of nitrogens with two attached hydrogens (primary N) is 1. The molecule has 3 N–H and O–H groups in total. The summed E-state index contributed by atoms with van der Waals surface area (Å²) in [5.74, 6) is -0.507. The number of hydrogen-bond acceptors (Lipinski definition) is 4. The van der Waals surface area contributed by atoms with E-state index in [0.29, 0.717) is 13.1 Å². The Balaban J connectivity index is 1.85. The monoisotopic (exact) mass is 269 g/mol. The van der Waals surface area contributed by atoms with E-state index in [2.05, 4.69) is 0 Å². The van der Waals surface area contributed by atoms with Crippen molar-refractivity contribution in [2.24, 2.45) is 11.7 Å². The maximum absolute atomic E-state index is 12.4. The smallest absolute Gasteiger partial charge is 0.317 e. The summed E-state index contributed by atoms with van der Waals surface area (Å²) in [6, 6.07) is 0.171. The molecule has 1 saturated carbocycles. The number of carbonyl (C=O) groups is 2. The number of carboxylic acids is 1. The quantitative estimate of drug-likeness (QED) is 0.736. The standard InChI is InChI=1S/C13H23N3O3/c14-11-3-2-10(8-11)13(19)16-5-1-4-15(6-7-16)9-12(17)18/h10-11H,1-9,14H2,(H,17,18). The molecule has 0 bridgehead atoms. The van der Waals surface area contributed by atoms with Gasteiger partial charge in [0.1, 0.15) is 0 Å². The summed E-state index contributed by atoms with van der Waals surface area (Å²) < 4.78 is 0. The third kappa shape index (κ3) is 3.91. The maximum Gasteiger partial charge on any atom is 0.317 e. The minimum Gasteiger partial charge on any atom is -0.480 e. The fraction of sp³-hybridized carbons (Fsp3) is 0.846.